The third-order valence-corrected chi connectivity index (χ3v) is 1.41. The van der Waals surface area contributed by atoms with Crippen LogP contribution in [-0.4, -0.2) is 5.11 Å². The Kier molecular flexibility index (Phi) is 2.16. The molecule has 0 atom stereocenters. The third kappa shape index (κ3) is 2.00. The SMILES string of the molecule is C=C(N)Cc1ccccc1O. The number of rotatable bonds is 2. The van der Waals surface area contributed by atoms with E-state index in [1.807, 2.05) is 12.1 Å². The highest BCUT2D eigenvalue weighted by Crippen LogP contribution is 2.16. The van der Waals surface area contributed by atoms with Gasteiger partial charge in [-0.3, -0.25) is 0 Å². The minimum atomic E-state index is 0.277. The van der Waals surface area contributed by atoms with E-state index in [0.717, 1.165) is 5.56 Å². The van der Waals surface area contributed by atoms with Crippen molar-refractivity contribution in [2.75, 3.05) is 0 Å². The van der Waals surface area contributed by atoms with E-state index in [4.69, 9.17) is 5.73 Å². The summed E-state index contributed by atoms with van der Waals surface area (Å²) in [5.74, 6) is 0.277. The maximum atomic E-state index is 9.26. The first-order valence-electron chi connectivity index (χ1n) is 3.40. The molecule has 0 aromatic heterocycles. The van der Waals surface area contributed by atoms with Crippen molar-refractivity contribution in [3.63, 3.8) is 0 Å². The predicted octanol–water partition coefficient (Wildman–Crippen LogP) is 1.41. The van der Waals surface area contributed by atoms with Gasteiger partial charge in [-0.25, -0.2) is 0 Å². The highest BCUT2D eigenvalue weighted by Gasteiger charge is 1.98. The molecule has 1 rings (SSSR count). The Labute approximate surface area is 66.0 Å². The van der Waals surface area contributed by atoms with Crippen molar-refractivity contribution in [3.8, 4) is 5.75 Å². The molecule has 2 heteroatoms. The molecule has 2 nitrogen and oxygen atoms in total. The second kappa shape index (κ2) is 3.10. The van der Waals surface area contributed by atoms with Gasteiger partial charge in [-0.1, -0.05) is 24.8 Å². The molecule has 0 aliphatic rings. The molecule has 0 amide bonds. The number of para-hydroxylation sites is 1. The van der Waals surface area contributed by atoms with E-state index in [1.54, 1.807) is 12.1 Å². The summed E-state index contributed by atoms with van der Waals surface area (Å²) in [5, 5.41) is 9.26. The summed E-state index contributed by atoms with van der Waals surface area (Å²) in [6.07, 6.45) is 0.534. The normalized spacial score (nSPS) is 9.45. The number of nitrogens with two attached hydrogens (primary N) is 1. The van der Waals surface area contributed by atoms with E-state index < -0.39 is 0 Å². The van der Waals surface area contributed by atoms with Gasteiger partial charge in [0.2, 0.25) is 0 Å². The second-order valence-corrected chi connectivity index (χ2v) is 2.46. The number of phenolic OH excluding ortho intramolecular Hbond substituents is 1. The Morgan fingerprint density at radius 2 is 2.09 bits per heavy atom. The molecule has 58 valence electrons. The van der Waals surface area contributed by atoms with E-state index in [-0.39, 0.29) is 5.75 Å². The lowest BCUT2D eigenvalue weighted by Crippen LogP contribution is -1.98. The quantitative estimate of drug-likeness (QED) is 0.667. The van der Waals surface area contributed by atoms with Crippen molar-refractivity contribution in [1.29, 1.82) is 0 Å². The summed E-state index contributed by atoms with van der Waals surface area (Å²) in [6.45, 7) is 3.56. The lowest BCUT2D eigenvalue weighted by molar-refractivity contribution is 0.469. The average Bonchev–Trinajstić information content (AvgIpc) is 1.93. The molecular weight excluding hydrogens is 138 g/mol. The van der Waals surface area contributed by atoms with Gasteiger partial charge in [-0.05, 0) is 11.6 Å². The molecular formula is C9H11NO. The average molecular weight is 149 g/mol. The van der Waals surface area contributed by atoms with Crippen molar-refractivity contribution < 1.29 is 5.11 Å². The van der Waals surface area contributed by atoms with Crippen LogP contribution in [0.5, 0.6) is 5.75 Å². The third-order valence-electron chi connectivity index (χ3n) is 1.41. The second-order valence-electron chi connectivity index (χ2n) is 2.46. The van der Waals surface area contributed by atoms with Crippen LogP contribution in [0.4, 0.5) is 0 Å². The molecule has 0 spiro atoms. The predicted molar refractivity (Wildman–Crippen MR) is 45.1 cm³/mol. The Bertz CT molecular complexity index is 268. The number of aromatic hydroxyl groups is 1. The van der Waals surface area contributed by atoms with Gasteiger partial charge in [0.15, 0.2) is 0 Å². The zero-order valence-electron chi connectivity index (χ0n) is 6.25. The first kappa shape index (κ1) is 7.66. The summed E-state index contributed by atoms with van der Waals surface area (Å²) in [6, 6.07) is 7.10. The summed E-state index contributed by atoms with van der Waals surface area (Å²) in [5.41, 5.74) is 6.77. The first-order valence-corrected chi connectivity index (χ1v) is 3.40. The molecule has 1 aromatic rings. The maximum Gasteiger partial charge on any atom is 0.119 e. The minimum Gasteiger partial charge on any atom is -0.508 e. The van der Waals surface area contributed by atoms with Gasteiger partial charge >= 0.3 is 0 Å². The Morgan fingerprint density at radius 3 is 2.64 bits per heavy atom. The van der Waals surface area contributed by atoms with Crippen LogP contribution >= 0.6 is 0 Å². The molecule has 11 heavy (non-hydrogen) atoms. The van der Waals surface area contributed by atoms with Crippen LogP contribution in [0.25, 0.3) is 0 Å². The van der Waals surface area contributed by atoms with Gasteiger partial charge in [-0.15, -0.1) is 0 Å². The van der Waals surface area contributed by atoms with Gasteiger partial charge in [0.1, 0.15) is 5.75 Å². The summed E-state index contributed by atoms with van der Waals surface area (Å²) >= 11 is 0. The highest BCUT2D eigenvalue weighted by molar-refractivity contribution is 5.34. The Balaban J connectivity index is 2.86. The zero-order chi connectivity index (χ0) is 8.27. The fraction of sp³-hybridized carbons (Fsp3) is 0.111. The van der Waals surface area contributed by atoms with E-state index in [1.165, 1.54) is 0 Å². The van der Waals surface area contributed by atoms with Crippen molar-refractivity contribution in [2.24, 2.45) is 5.73 Å². The maximum absolute atomic E-state index is 9.26. The molecule has 0 aliphatic carbocycles. The molecule has 0 saturated heterocycles. The van der Waals surface area contributed by atoms with E-state index in [9.17, 15) is 5.11 Å². The lowest BCUT2D eigenvalue weighted by atomic mass is 10.1. The van der Waals surface area contributed by atoms with Crippen molar-refractivity contribution in [3.05, 3.63) is 42.1 Å². The fourth-order valence-corrected chi connectivity index (χ4v) is 0.905. The fourth-order valence-electron chi connectivity index (χ4n) is 0.905. The van der Waals surface area contributed by atoms with Crippen LogP contribution in [-0.2, 0) is 6.42 Å². The van der Waals surface area contributed by atoms with Crippen molar-refractivity contribution >= 4 is 0 Å². The van der Waals surface area contributed by atoms with Gasteiger partial charge in [-0.2, -0.15) is 0 Å². The Hall–Kier alpha value is -1.44. The zero-order valence-corrected chi connectivity index (χ0v) is 6.25. The summed E-state index contributed by atoms with van der Waals surface area (Å²) in [7, 11) is 0. The Morgan fingerprint density at radius 1 is 1.45 bits per heavy atom. The number of hydrogen-bond donors (Lipinski definition) is 2. The molecule has 0 heterocycles. The lowest BCUT2D eigenvalue weighted by Gasteiger charge is -2.01. The van der Waals surface area contributed by atoms with Gasteiger partial charge < -0.3 is 10.8 Å². The molecule has 0 aliphatic heterocycles. The molecule has 1 aromatic carbocycles. The van der Waals surface area contributed by atoms with Crippen LogP contribution in [0, 0.1) is 0 Å². The van der Waals surface area contributed by atoms with Crippen LogP contribution < -0.4 is 5.73 Å². The van der Waals surface area contributed by atoms with E-state index in [0.29, 0.717) is 12.1 Å². The van der Waals surface area contributed by atoms with Crippen LogP contribution in [0.2, 0.25) is 0 Å². The molecule has 0 saturated carbocycles. The number of benzene rings is 1. The highest BCUT2D eigenvalue weighted by atomic mass is 16.3. The molecule has 0 radical (unpaired) electrons. The number of hydrogen-bond acceptors (Lipinski definition) is 2. The van der Waals surface area contributed by atoms with Crippen LogP contribution in [0.1, 0.15) is 5.56 Å². The largest absolute Gasteiger partial charge is 0.508 e. The van der Waals surface area contributed by atoms with Crippen LogP contribution in [0.15, 0.2) is 36.5 Å². The first-order chi connectivity index (χ1) is 5.20. The summed E-state index contributed by atoms with van der Waals surface area (Å²) in [4.78, 5) is 0. The monoisotopic (exact) mass is 149 g/mol. The number of phenols is 1. The van der Waals surface area contributed by atoms with Gasteiger partial charge in [0.25, 0.3) is 0 Å². The molecule has 0 fully saturated rings. The van der Waals surface area contributed by atoms with Gasteiger partial charge in [0, 0.05) is 12.1 Å². The topological polar surface area (TPSA) is 46.2 Å². The molecule has 0 unspecified atom stereocenters. The molecule has 0 bridgehead atoms. The van der Waals surface area contributed by atoms with Crippen molar-refractivity contribution in [1.82, 2.24) is 0 Å². The summed E-state index contributed by atoms with van der Waals surface area (Å²) < 4.78 is 0. The van der Waals surface area contributed by atoms with Gasteiger partial charge in [0.05, 0.1) is 0 Å². The molecule has 3 N–H and O–H groups in total. The minimum absolute atomic E-state index is 0.277. The van der Waals surface area contributed by atoms with Crippen LogP contribution in [0.3, 0.4) is 0 Å². The standard InChI is InChI=1S/C9H11NO/c1-7(10)6-8-4-2-3-5-9(8)11/h2-5,11H,1,6,10H2. The smallest absolute Gasteiger partial charge is 0.119 e. The van der Waals surface area contributed by atoms with E-state index >= 15 is 0 Å². The van der Waals surface area contributed by atoms with E-state index in [2.05, 4.69) is 6.58 Å². The number of allylic oxidation sites excluding steroid dienone is 1. The van der Waals surface area contributed by atoms with Crippen molar-refractivity contribution in [2.45, 2.75) is 6.42 Å².